The van der Waals surface area contributed by atoms with Crippen molar-refractivity contribution in [1.82, 2.24) is 13.9 Å². The Hall–Kier alpha value is -0.170. The Bertz CT molecular complexity index is 399. The second kappa shape index (κ2) is 7.90. The molecule has 0 spiro atoms. The van der Waals surface area contributed by atoms with Crippen molar-refractivity contribution >= 4 is 10.2 Å². The predicted molar refractivity (Wildman–Crippen MR) is 86.4 cm³/mol. The first-order valence-electron chi connectivity index (χ1n) is 8.52. The highest BCUT2D eigenvalue weighted by molar-refractivity contribution is 7.86. The zero-order chi connectivity index (χ0) is 15.3. The van der Waals surface area contributed by atoms with E-state index >= 15 is 0 Å². The van der Waals surface area contributed by atoms with Crippen LogP contribution in [0.1, 0.15) is 58.3 Å². The fourth-order valence-electron chi connectivity index (χ4n) is 3.46. The molecule has 2 fully saturated rings. The van der Waals surface area contributed by atoms with Gasteiger partial charge in [0.1, 0.15) is 0 Å². The zero-order valence-corrected chi connectivity index (χ0v) is 14.4. The monoisotopic (exact) mass is 317 g/mol. The smallest absolute Gasteiger partial charge is 0.281 e. The van der Waals surface area contributed by atoms with Gasteiger partial charge in [-0.05, 0) is 51.5 Å². The highest BCUT2D eigenvalue weighted by Gasteiger charge is 2.34. The van der Waals surface area contributed by atoms with Gasteiger partial charge in [0.2, 0.25) is 0 Å². The topological polar surface area (TPSA) is 52.7 Å². The standard InChI is InChI=1S/C15H31N3O2S/c1-3-11-16-14-7-9-15(10-8-14)17(2)21(19,20)18-12-5-4-6-13-18/h14-16H,3-13H2,1-2H3. The van der Waals surface area contributed by atoms with Gasteiger partial charge in [0, 0.05) is 32.2 Å². The number of hydrogen-bond acceptors (Lipinski definition) is 3. The molecule has 1 saturated carbocycles. The van der Waals surface area contributed by atoms with E-state index in [4.69, 9.17) is 0 Å². The molecule has 0 aromatic rings. The van der Waals surface area contributed by atoms with Gasteiger partial charge in [-0.1, -0.05) is 13.3 Å². The van der Waals surface area contributed by atoms with E-state index < -0.39 is 10.2 Å². The van der Waals surface area contributed by atoms with E-state index in [1.165, 1.54) is 0 Å². The van der Waals surface area contributed by atoms with Gasteiger partial charge < -0.3 is 5.32 Å². The Labute approximate surface area is 130 Å². The molecule has 0 aromatic carbocycles. The van der Waals surface area contributed by atoms with Gasteiger partial charge >= 0.3 is 0 Å². The molecule has 6 heteroatoms. The molecule has 0 unspecified atom stereocenters. The second-order valence-corrected chi connectivity index (χ2v) is 8.43. The third kappa shape index (κ3) is 4.41. The first kappa shape index (κ1) is 17.2. The first-order chi connectivity index (χ1) is 10.1. The molecule has 0 amide bonds. The quantitative estimate of drug-likeness (QED) is 0.815. The molecule has 2 aliphatic rings. The number of nitrogens with one attached hydrogen (secondary N) is 1. The van der Waals surface area contributed by atoms with Crippen molar-refractivity contribution in [3.63, 3.8) is 0 Å². The summed E-state index contributed by atoms with van der Waals surface area (Å²) in [4.78, 5) is 0. The average molecular weight is 317 g/mol. The molecule has 1 aliphatic carbocycles. The summed E-state index contributed by atoms with van der Waals surface area (Å²) in [5, 5.41) is 3.55. The predicted octanol–water partition coefficient (Wildman–Crippen LogP) is 1.96. The van der Waals surface area contributed by atoms with E-state index in [9.17, 15) is 8.42 Å². The SMILES string of the molecule is CCCNC1CCC(N(C)S(=O)(=O)N2CCCCC2)CC1. The van der Waals surface area contributed by atoms with E-state index in [1.54, 1.807) is 15.7 Å². The zero-order valence-electron chi connectivity index (χ0n) is 13.6. The maximum atomic E-state index is 12.7. The van der Waals surface area contributed by atoms with Gasteiger partial charge in [-0.15, -0.1) is 0 Å². The lowest BCUT2D eigenvalue weighted by Crippen LogP contribution is -2.50. The van der Waals surface area contributed by atoms with Crippen molar-refractivity contribution in [2.45, 2.75) is 70.4 Å². The van der Waals surface area contributed by atoms with Crippen LogP contribution >= 0.6 is 0 Å². The number of rotatable bonds is 6. The maximum absolute atomic E-state index is 12.7. The van der Waals surface area contributed by atoms with Crippen LogP contribution in [-0.4, -0.2) is 55.8 Å². The Kier molecular flexibility index (Phi) is 6.47. The van der Waals surface area contributed by atoms with Gasteiger partial charge in [0.15, 0.2) is 0 Å². The normalized spacial score (nSPS) is 28.9. The Balaban J connectivity index is 1.87. The van der Waals surface area contributed by atoms with E-state index in [0.29, 0.717) is 19.1 Å². The summed E-state index contributed by atoms with van der Waals surface area (Å²) in [5.41, 5.74) is 0. The van der Waals surface area contributed by atoms with Crippen molar-refractivity contribution in [3.05, 3.63) is 0 Å². The van der Waals surface area contributed by atoms with Crippen LogP contribution in [-0.2, 0) is 10.2 Å². The molecule has 0 bridgehead atoms. The molecule has 1 saturated heterocycles. The number of piperidine rings is 1. The molecular weight excluding hydrogens is 286 g/mol. The van der Waals surface area contributed by atoms with Crippen LogP contribution < -0.4 is 5.32 Å². The van der Waals surface area contributed by atoms with Gasteiger partial charge in [-0.25, -0.2) is 0 Å². The minimum absolute atomic E-state index is 0.177. The molecule has 1 N–H and O–H groups in total. The average Bonchev–Trinajstić information content (AvgIpc) is 2.53. The van der Waals surface area contributed by atoms with E-state index in [2.05, 4.69) is 12.2 Å². The third-order valence-electron chi connectivity index (χ3n) is 4.90. The highest BCUT2D eigenvalue weighted by atomic mass is 32.2. The Morgan fingerprint density at radius 2 is 1.71 bits per heavy atom. The lowest BCUT2D eigenvalue weighted by molar-refractivity contribution is 0.230. The number of nitrogens with zero attached hydrogens (tertiary/aromatic N) is 2. The molecule has 1 aliphatic heterocycles. The maximum Gasteiger partial charge on any atom is 0.281 e. The minimum atomic E-state index is -3.25. The van der Waals surface area contributed by atoms with Crippen LogP contribution in [0.2, 0.25) is 0 Å². The molecule has 5 nitrogen and oxygen atoms in total. The van der Waals surface area contributed by atoms with Gasteiger partial charge in [-0.3, -0.25) is 0 Å². The van der Waals surface area contributed by atoms with Crippen LogP contribution in [0.3, 0.4) is 0 Å². The Morgan fingerprint density at radius 3 is 2.29 bits per heavy atom. The second-order valence-electron chi connectivity index (χ2n) is 6.44. The summed E-state index contributed by atoms with van der Waals surface area (Å²) in [6, 6.07) is 0.754. The summed E-state index contributed by atoms with van der Waals surface area (Å²) < 4.78 is 28.7. The summed E-state index contributed by atoms with van der Waals surface area (Å²) in [6.45, 7) is 4.63. The van der Waals surface area contributed by atoms with Crippen molar-refractivity contribution < 1.29 is 8.42 Å². The molecular formula is C15H31N3O2S. The van der Waals surface area contributed by atoms with Gasteiger partial charge in [-0.2, -0.15) is 17.0 Å². The molecule has 0 radical (unpaired) electrons. The molecule has 124 valence electrons. The molecule has 0 aromatic heterocycles. The Morgan fingerprint density at radius 1 is 1.10 bits per heavy atom. The van der Waals surface area contributed by atoms with E-state index in [0.717, 1.165) is 57.9 Å². The van der Waals surface area contributed by atoms with Crippen LogP contribution in [0, 0.1) is 0 Å². The van der Waals surface area contributed by atoms with E-state index in [1.807, 2.05) is 0 Å². The minimum Gasteiger partial charge on any atom is -0.314 e. The van der Waals surface area contributed by atoms with E-state index in [-0.39, 0.29) is 6.04 Å². The van der Waals surface area contributed by atoms with Gasteiger partial charge in [0.05, 0.1) is 0 Å². The molecule has 21 heavy (non-hydrogen) atoms. The highest BCUT2D eigenvalue weighted by Crippen LogP contribution is 2.26. The van der Waals surface area contributed by atoms with Gasteiger partial charge in [0.25, 0.3) is 10.2 Å². The summed E-state index contributed by atoms with van der Waals surface area (Å²) in [7, 11) is -1.48. The fourth-order valence-corrected chi connectivity index (χ4v) is 5.13. The molecule has 1 heterocycles. The van der Waals surface area contributed by atoms with Crippen LogP contribution in [0.25, 0.3) is 0 Å². The summed E-state index contributed by atoms with van der Waals surface area (Å²) >= 11 is 0. The first-order valence-corrected chi connectivity index (χ1v) is 9.92. The van der Waals surface area contributed by atoms with Crippen molar-refractivity contribution in [1.29, 1.82) is 0 Å². The van der Waals surface area contributed by atoms with Crippen LogP contribution in [0.15, 0.2) is 0 Å². The molecule has 2 rings (SSSR count). The lowest BCUT2D eigenvalue weighted by Gasteiger charge is -2.37. The molecule has 0 atom stereocenters. The fraction of sp³-hybridized carbons (Fsp3) is 1.00. The van der Waals surface area contributed by atoms with Crippen molar-refractivity contribution in [2.24, 2.45) is 0 Å². The largest absolute Gasteiger partial charge is 0.314 e. The summed E-state index contributed by atoms with van der Waals surface area (Å²) in [5.74, 6) is 0. The lowest BCUT2D eigenvalue weighted by atomic mass is 9.91. The third-order valence-corrected chi connectivity index (χ3v) is 6.94. The van der Waals surface area contributed by atoms with Crippen LogP contribution in [0.5, 0.6) is 0 Å². The summed E-state index contributed by atoms with van der Waals surface area (Å²) in [6.07, 6.45) is 8.44. The van der Waals surface area contributed by atoms with Crippen molar-refractivity contribution in [3.8, 4) is 0 Å². The number of hydrogen-bond donors (Lipinski definition) is 1. The van der Waals surface area contributed by atoms with Crippen molar-refractivity contribution in [2.75, 3.05) is 26.7 Å². The van der Waals surface area contributed by atoms with Crippen LogP contribution in [0.4, 0.5) is 0 Å².